The number of methoxy groups -OCH3 is 2. The molecule has 0 spiro atoms. The lowest BCUT2D eigenvalue weighted by atomic mass is 10.1. The van der Waals surface area contributed by atoms with Gasteiger partial charge in [-0.3, -0.25) is 30.1 Å². The van der Waals surface area contributed by atoms with Gasteiger partial charge in [-0.15, -0.1) is 10.2 Å². The van der Waals surface area contributed by atoms with Crippen molar-refractivity contribution in [1.82, 2.24) is 35.8 Å². The molecular formula is C29H27N7O4S. The molecule has 2 amide bonds. The van der Waals surface area contributed by atoms with Crippen LogP contribution in [0.5, 0.6) is 11.5 Å². The van der Waals surface area contributed by atoms with Crippen LogP contribution in [0.15, 0.2) is 90.1 Å². The standard InChI is InChI=1S/C29H27N7O4S/c1-39-22-12-8-19(9-13-22)16-26(37)32-33-27(38)18-41-29-35-34-28(36(29)21-6-4-3-5-7-21)25-17-24(30-31-25)20-10-14-23(40-2)15-11-20/h3-15,17H,16,18H2,1-2H3,(H,30,31)(H,32,37)(H,33,38). The molecule has 0 aliphatic rings. The van der Waals surface area contributed by atoms with E-state index < -0.39 is 0 Å². The second kappa shape index (κ2) is 12.8. The summed E-state index contributed by atoms with van der Waals surface area (Å²) in [5, 5.41) is 16.8. The van der Waals surface area contributed by atoms with E-state index in [9.17, 15) is 9.59 Å². The number of carbonyl (C=O) groups excluding carboxylic acids is 2. The van der Waals surface area contributed by atoms with Gasteiger partial charge in [0.25, 0.3) is 0 Å². The zero-order chi connectivity index (χ0) is 28.6. The zero-order valence-electron chi connectivity index (χ0n) is 22.3. The first kappa shape index (κ1) is 27.5. The molecule has 41 heavy (non-hydrogen) atoms. The highest BCUT2D eigenvalue weighted by atomic mass is 32.2. The highest BCUT2D eigenvalue weighted by Crippen LogP contribution is 2.29. The summed E-state index contributed by atoms with van der Waals surface area (Å²) < 4.78 is 12.2. The van der Waals surface area contributed by atoms with Crippen molar-refractivity contribution in [3.05, 3.63) is 90.5 Å². The van der Waals surface area contributed by atoms with Crippen molar-refractivity contribution < 1.29 is 19.1 Å². The Bertz CT molecular complexity index is 1620. The van der Waals surface area contributed by atoms with Crippen LogP contribution in [0.4, 0.5) is 0 Å². The summed E-state index contributed by atoms with van der Waals surface area (Å²) in [6.45, 7) is 0. The van der Waals surface area contributed by atoms with Gasteiger partial charge in [-0.05, 0) is 60.2 Å². The Balaban J connectivity index is 1.26. The molecule has 0 aliphatic carbocycles. The number of H-pyrrole nitrogens is 1. The number of nitrogens with one attached hydrogen (secondary N) is 3. The number of rotatable bonds is 10. The van der Waals surface area contributed by atoms with Crippen LogP contribution in [0.3, 0.4) is 0 Å². The van der Waals surface area contributed by atoms with Crippen molar-refractivity contribution >= 4 is 23.6 Å². The van der Waals surface area contributed by atoms with E-state index in [-0.39, 0.29) is 24.0 Å². The van der Waals surface area contributed by atoms with Gasteiger partial charge >= 0.3 is 0 Å². The fourth-order valence-corrected chi connectivity index (χ4v) is 4.72. The average Bonchev–Trinajstić information content (AvgIpc) is 3.67. The van der Waals surface area contributed by atoms with E-state index in [1.807, 2.05) is 65.2 Å². The van der Waals surface area contributed by atoms with Crippen molar-refractivity contribution in [2.75, 3.05) is 20.0 Å². The normalized spacial score (nSPS) is 10.7. The molecule has 0 saturated heterocycles. The quantitative estimate of drug-likeness (QED) is 0.171. The van der Waals surface area contributed by atoms with Gasteiger partial charge in [-0.2, -0.15) is 5.10 Å². The Morgan fingerprint density at radius 2 is 1.51 bits per heavy atom. The van der Waals surface area contributed by atoms with Crippen molar-refractivity contribution in [1.29, 1.82) is 0 Å². The number of thioether (sulfide) groups is 1. The molecule has 0 fully saturated rings. The second-order valence-electron chi connectivity index (χ2n) is 8.78. The highest BCUT2D eigenvalue weighted by molar-refractivity contribution is 7.99. The lowest BCUT2D eigenvalue weighted by molar-refractivity contribution is -0.127. The summed E-state index contributed by atoms with van der Waals surface area (Å²) >= 11 is 1.20. The molecule has 5 rings (SSSR count). The lowest BCUT2D eigenvalue weighted by Gasteiger charge is -2.10. The average molecular weight is 570 g/mol. The third kappa shape index (κ3) is 6.73. The smallest absolute Gasteiger partial charge is 0.248 e. The SMILES string of the molecule is COc1ccc(CC(=O)NNC(=O)CSc2nnc(-c3cc(-c4ccc(OC)cc4)n[nH]3)n2-c2ccccc2)cc1. The predicted octanol–water partition coefficient (Wildman–Crippen LogP) is 3.82. The van der Waals surface area contributed by atoms with Crippen LogP contribution in [0.1, 0.15) is 5.56 Å². The molecule has 12 heteroatoms. The van der Waals surface area contributed by atoms with E-state index in [1.165, 1.54) is 11.8 Å². The van der Waals surface area contributed by atoms with E-state index in [0.717, 1.165) is 28.3 Å². The number of nitrogens with zero attached hydrogens (tertiary/aromatic N) is 4. The molecule has 2 aromatic heterocycles. The van der Waals surface area contributed by atoms with E-state index in [2.05, 4.69) is 31.2 Å². The molecule has 0 saturated carbocycles. The number of aromatic nitrogens is 5. The molecule has 0 atom stereocenters. The Hall–Kier alpha value is -5.10. The first-order valence-electron chi connectivity index (χ1n) is 12.6. The molecule has 0 bridgehead atoms. The maximum absolute atomic E-state index is 12.5. The van der Waals surface area contributed by atoms with Crippen LogP contribution in [0.25, 0.3) is 28.5 Å². The van der Waals surface area contributed by atoms with Crippen LogP contribution in [0, 0.1) is 0 Å². The number of hydrazine groups is 1. The number of aromatic amines is 1. The van der Waals surface area contributed by atoms with Crippen molar-refractivity contribution in [2.24, 2.45) is 0 Å². The minimum atomic E-state index is -0.384. The summed E-state index contributed by atoms with van der Waals surface area (Å²) in [6, 6.07) is 26.2. The fourth-order valence-electron chi connectivity index (χ4n) is 3.97. The molecule has 11 nitrogen and oxygen atoms in total. The van der Waals surface area contributed by atoms with Crippen molar-refractivity contribution in [3.63, 3.8) is 0 Å². The molecule has 0 radical (unpaired) electrons. The molecule has 3 aromatic carbocycles. The van der Waals surface area contributed by atoms with Gasteiger partial charge in [0.1, 0.15) is 17.2 Å². The Morgan fingerprint density at radius 3 is 2.20 bits per heavy atom. The first-order chi connectivity index (χ1) is 20.0. The number of hydrogen-bond acceptors (Lipinski definition) is 8. The zero-order valence-corrected chi connectivity index (χ0v) is 23.1. The van der Waals surface area contributed by atoms with Gasteiger partial charge in [-0.25, -0.2) is 0 Å². The third-order valence-electron chi connectivity index (χ3n) is 6.05. The fraction of sp³-hybridized carbons (Fsp3) is 0.138. The minimum absolute atomic E-state index is 0.00779. The van der Waals surface area contributed by atoms with Crippen LogP contribution >= 0.6 is 11.8 Å². The molecule has 5 aromatic rings. The van der Waals surface area contributed by atoms with Crippen LogP contribution in [-0.4, -0.2) is 56.7 Å². The van der Waals surface area contributed by atoms with Gasteiger partial charge in [0.15, 0.2) is 11.0 Å². The van der Waals surface area contributed by atoms with Gasteiger partial charge in [0.2, 0.25) is 11.8 Å². The van der Waals surface area contributed by atoms with E-state index >= 15 is 0 Å². The summed E-state index contributed by atoms with van der Waals surface area (Å²) in [5.74, 6) is 1.29. The lowest BCUT2D eigenvalue weighted by Crippen LogP contribution is -2.43. The third-order valence-corrected chi connectivity index (χ3v) is 6.98. The topological polar surface area (TPSA) is 136 Å². The number of ether oxygens (including phenoxy) is 2. The van der Waals surface area contributed by atoms with Gasteiger partial charge in [0, 0.05) is 11.3 Å². The molecular weight excluding hydrogens is 542 g/mol. The summed E-state index contributed by atoms with van der Waals surface area (Å²) in [7, 11) is 3.20. The van der Waals surface area contributed by atoms with Crippen LogP contribution in [-0.2, 0) is 16.0 Å². The Morgan fingerprint density at radius 1 is 0.854 bits per heavy atom. The number of amides is 2. The first-order valence-corrected chi connectivity index (χ1v) is 13.6. The summed E-state index contributed by atoms with van der Waals surface area (Å²) in [5.41, 5.74) is 8.84. The maximum Gasteiger partial charge on any atom is 0.248 e. The highest BCUT2D eigenvalue weighted by Gasteiger charge is 2.19. The number of hydrogen-bond donors (Lipinski definition) is 3. The van der Waals surface area contributed by atoms with Gasteiger partial charge in [0.05, 0.1) is 32.1 Å². The van der Waals surface area contributed by atoms with E-state index in [1.54, 1.807) is 38.5 Å². The Kier molecular flexibility index (Phi) is 8.60. The molecule has 0 aliphatic heterocycles. The molecule has 2 heterocycles. The van der Waals surface area contributed by atoms with Gasteiger partial charge < -0.3 is 9.47 Å². The van der Waals surface area contributed by atoms with Crippen LogP contribution < -0.4 is 20.3 Å². The summed E-state index contributed by atoms with van der Waals surface area (Å²) in [6.07, 6.45) is 0.117. The minimum Gasteiger partial charge on any atom is -0.497 e. The maximum atomic E-state index is 12.5. The number of benzene rings is 3. The van der Waals surface area contributed by atoms with Crippen molar-refractivity contribution in [3.8, 4) is 40.0 Å². The van der Waals surface area contributed by atoms with Crippen molar-refractivity contribution in [2.45, 2.75) is 11.6 Å². The molecule has 208 valence electrons. The van der Waals surface area contributed by atoms with E-state index in [4.69, 9.17) is 9.47 Å². The van der Waals surface area contributed by atoms with Gasteiger partial charge in [-0.1, -0.05) is 42.1 Å². The number of para-hydroxylation sites is 1. The van der Waals surface area contributed by atoms with Crippen LogP contribution in [0.2, 0.25) is 0 Å². The monoisotopic (exact) mass is 569 g/mol. The molecule has 3 N–H and O–H groups in total. The Labute approximate surface area is 240 Å². The predicted molar refractivity (Wildman–Crippen MR) is 155 cm³/mol. The molecule has 0 unspecified atom stereocenters. The second-order valence-corrected chi connectivity index (χ2v) is 9.72. The number of carbonyl (C=O) groups is 2. The van der Waals surface area contributed by atoms with E-state index in [0.29, 0.717) is 22.4 Å². The largest absolute Gasteiger partial charge is 0.497 e. The summed E-state index contributed by atoms with van der Waals surface area (Å²) in [4.78, 5) is 24.8.